The second-order valence-corrected chi connectivity index (χ2v) is 5.69. The molecule has 18 heavy (non-hydrogen) atoms. The Kier molecular flexibility index (Phi) is 2.76. The minimum atomic E-state index is 0.491. The lowest BCUT2D eigenvalue weighted by Crippen LogP contribution is -1.90. The first-order valence-electron chi connectivity index (χ1n) is 5.50. The van der Waals surface area contributed by atoms with Crippen molar-refractivity contribution >= 4 is 33.8 Å². The van der Waals surface area contributed by atoms with E-state index in [9.17, 15) is 0 Å². The molecule has 0 amide bonds. The lowest BCUT2D eigenvalue weighted by atomic mass is 10.2. The summed E-state index contributed by atoms with van der Waals surface area (Å²) in [5, 5.41) is 2.38. The summed E-state index contributed by atoms with van der Waals surface area (Å²) in [7, 11) is 0. The molecule has 5 heteroatoms. The predicted molar refractivity (Wildman–Crippen MR) is 75.1 cm³/mol. The summed E-state index contributed by atoms with van der Waals surface area (Å²) in [6, 6.07) is 5.99. The molecule has 0 bridgehead atoms. The Morgan fingerprint density at radius 1 is 1.17 bits per heavy atom. The van der Waals surface area contributed by atoms with E-state index in [0.717, 1.165) is 26.4 Å². The Labute approximate surface area is 114 Å². The largest absolute Gasteiger partial charge is 0.249 e. The van der Waals surface area contributed by atoms with Gasteiger partial charge in [0.2, 0.25) is 0 Å². The number of thiazole rings is 1. The first-order chi connectivity index (χ1) is 8.63. The molecule has 0 radical (unpaired) electrons. The van der Waals surface area contributed by atoms with Crippen LogP contribution in [0.5, 0.6) is 0 Å². The topological polar surface area (TPSA) is 38.7 Å². The number of benzene rings is 1. The SMILES string of the molecule is Cc1ccc2nc(-c3cnc(C)s3)nc(Cl)c2c1. The zero-order chi connectivity index (χ0) is 12.7. The monoisotopic (exact) mass is 275 g/mol. The van der Waals surface area contributed by atoms with E-state index < -0.39 is 0 Å². The van der Waals surface area contributed by atoms with Crippen molar-refractivity contribution in [3.8, 4) is 10.7 Å². The number of rotatable bonds is 1. The maximum Gasteiger partial charge on any atom is 0.173 e. The summed E-state index contributed by atoms with van der Waals surface area (Å²) in [4.78, 5) is 14.0. The molecule has 0 aliphatic rings. The average molecular weight is 276 g/mol. The molecule has 0 spiro atoms. The molecule has 2 aromatic heterocycles. The van der Waals surface area contributed by atoms with Gasteiger partial charge in [-0.05, 0) is 26.0 Å². The van der Waals surface area contributed by atoms with Gasteiger partial charge in [0.25, 0.3) is 0 Å². The maximum atomic E-state index is 6.22. The first-order valence-corrected chi connectivity index (χ1v) is 6.69. The number of aromatic nitrogens is 3. The highest BCUT2D eigenvalue weighted by molar-refractivity contribution is 7.14. The van der Waals surface area contributed by atoms with E-state index in [-0.39, 0.29) is 0 Å². The van der Waals surface area contributed by atoms with Crippen LogP contribution in [0.1, 0.15) is 10.6 Å². The van der Waals surface area contributed by atoms with Crippen LogP contribution in [0.25, 0.3) is 21.6 Å². The third-order valence-electron chi connectivity index (χ3n) is 2.65. The van der Waals surface area contributed by atoms with Crippen LogP contribution in [0.4, 0.5) is 0 Å². The highest BCUT2D eigenvalue weighted by Gasteiger charge is 2.10. The van der Waals surface area contributed by atoms with Crippen molar-refractivity contribution in [2.24, 2.45) is 0 Å². The fraction of sp³-hybridized carbons (Fsp3) is 0.154. The van der Waals surface area contributed by atoms with E-state index in [4.69, 9.17) is 11.6 Å². The minimum absolute atomic E-state index is 0.491. The molecule has 0 N–H and O–H groups in total. The predicted octanol–water partition coefficient (Wildman–Crippen LogP) is 4.02. The summed E-state index contributed by atoms with van der Waals surface area (Å²) in [5.41, 5.74) is 2.01. The van der Waals surface area contributed by atoms with Gasteiger partial charge in [-0.15, -0.1) is 11.3 Å². The van der Waals surface area contributed by atoms with Crippen LogP contribution >= 0.6 is 22.9 Å². The first kappa shape index (κ1) is 11.6. The second-order valence-electron chi connectivity index (χ2n) is 4.10. The standard InChI is InChI=1S/C13H10ClN3S/c1-7-3-4-10-9(5-7)12(14)17-13(16-10)11-6-15-8(2)18-11/h3-6H,1-2H3. The molecule has 90 valence electrons. The molecule has 3 nitrogen and oxygen atoms in total. The van der Waals surface area contributed by atoms with Crippen LogP contribution < -0.4 is 0 Å². The van der Waals surface area contributed by atoms with Crippen LogP contribution in [-0.4, -0.2) is 15.0 Å². The summed E-state index contributed by atoms with van der Waals surface area (Å²) >= 11 is 7.79. The quantitative estimate of drug-likeness (QED) is 0.630. The normalized spacial score (nSPS) is 11.1. The lowest BCUT2D eigenvalue weighted by molar-refractivity contribution is 1.22. The molecular formula is C13H10ClN3S. The molecule has 0 atom stereocenters. The van der Waals surface area contributed by atoms with Crippen molar-refractivity contribution in [2.45, 2.75) is 13.8 Å². The van der Waals surface area contributed by atoms with Gasteiger partial charge in [0.05, 0.1) is 15.4 Å². The fourth-order valence-electron chi connectivity index (χ4n) is 1.78. The molecule has 0 aliphatic heterocycles. The molecule has 3 rings (SSSR count). The van der Waals surface area contributed by atoms with Crippen LogP contribution in [0.2, 0.25) is 5.15 Å². The molecule has 2 heterocycles. The summed E-state index contributed by atoms with van der Waals surface area (Å²) < 4.78 is 0. The Bertz CT molecular complexity index is 736. The summed E-state index contributed by atoms with van der Waals surface area (Å²) in [6.07, 6.45) is 1.78. The number of hydrogen-bond acceptors (Lipinski definition) is 4. The molecule has 0 fully saturated rings. The van der Waals surface area contributed by atoms with Gasteiger partial charge in [-0.2, -0.15) is 0 Å². The van der Waals surface area contributed by atoms with Crippen molar-refractivity contribution < 1.29 is 0 Å². The van der Waals surface area contributed by atoms with Gasteiger partial charge < -0.3 is 0 Å². The number of fused-ring (bicyclic) bond motifs is 1. The summed E-state index contributed by atoms with van der Waals surface area (Å²) in [5.74, 6) is 0.641. The number of hydrogen-bond donors (Lipinski definition) is 0. The van der Waals surface area contributed by atoms with E-state index in [2.05, 4.69) is 15.0 Å². The maximum absolute atomic E-state index is 6.22. The second kappa shape index (κ2) is 4.30. The third kappa shape index (κ3) is 1.98. The Balaban J connectivity index is 2.24. The zero-order valence-electron chi connectivity index (χ0n) is 9.94. The number of halogens is 1. The van der Waals surface area contributed by atoms with E-state index in [1.165, 1.54) is 0 Å². The van der Waals surface area contributed by atoms with E-state index >= 15 is 0 Å². The average Bonchev–Trinajstić information content (AvgIpc) is 2.77. The van der Waals surface area contributed by atoms with Gasteiger partial charge in [0.15, 0.2) is 5.82 Å². The Morgan fingerprint density at radius 2 is 2.00 bits per heavy atom. The van der Waals surface area contributed by atoms with Crippen molar-refractivity contribution in [3.63, 3.8) is 0 Å². The van der Waals surface area contributed by atoms with Gasteiger partial charge in [-0.3, -0.25) is 0 Å². The van der Waals surface area contributed by atoms with Crippen LogP contribution in [0.3, 0.4) is 0 Å². The number of nitrogens with zero attached hydrogens (tertiary/aromatic N) is 3. The smallest absolute Gasteiger partial charge is 0.173 e. The molecule has 0 saturated heterocycles. The summed E-state index contributed by atoms with van der Waals surface area (Å²) in [6.45, 7) is 3.98. The van der Waals surface area contributed by atoms with Crippen LogP contribution in [-0.2, 0) is 0 Å². The zero-order valence-corrected chi connectivity index (χ0v) is 11.5. The minimum Gasteiger partial charge on any atom is -0.249 e. The molecule has 0 unspecified atom stereocenters. The van der Waals surface area contributed by atoms with Gasteiger partial charge in [-0.1, -0.05) is 23.2 Å². The highest BCUT2D eigenvalue weighted by Crippen LogP contribution is 2.28. The van der Waals surface area contributed by atoms with Gasteiger partial charge in [0.1, 0.15) is 5.15 Å². The number of aryl methyl sites for hydroxylation is 2. The van der Waals surface area contributed by atoms with Crippen molar-refractivity contribution in [3.05, 3.63) is 40.1 Å². The molecule has 0 saturated carbocycles. The van der Waals surface area contributed by atoms with Crippen molar-refractivity contribution in [1.82, 2.24) is 15.0 Å². The fourth-order valence-corrected chi connectivity index (χ4v) is 2.72. The van der Waals surface area contributed by atoms with Gasteiger partial charge in [0, 0.05) is 11.6 Å². The lowest BCUT2D eigenvalue weighted by Gasteiger charge is -2.03. The van der Waals surface area contributed by atoms with Crippen molar-refractivity contribution in [1.29, 1.82) is 0 Å². The highest BCUT2D eigenvalue weighted by atomic mass is 35.5. The molecule has 0 aliphatic carbocycles. The van der Waals surface area contributed by atoms with E-state index in [1.54, 1.807) is 17.5 Å². The van der Waals surface area contributed by atoms with E-state index in [1.807, 2.05) is 32.0 Å². The van der Waals surface area contributed by atoms with Gasteiger partial charge in [-0.25, -0.2) is 15.0 Å². The van der Waals surface area contributed by atoms with Crippen LogP contribution in [0.15, 0.2) is 24.4 Å². The molecule has 1 aromatic carbocycles. The van der Waals surface area contributed by atoms with Crippen LogP contribution in [0, 0.1) is 13.8 Å². The third-order valence-corrected chi connectivity index (χ3v) is 3.84. The van der Waals surface area contributed by atoms with Crippen molar-refractivity contribution in [2.75, 3.05) is 0 Å². The Hall–Kier alpha value is -1.52. The van der Waals surface area contributed by atoms with E-state index in [0.29, 0.717) is 11.0 Å². The molecular weight excluding hydrogens is 266 g/mol. The Morgan fingerprint density at radius 3 is 2.72 bits per heavy atom. The van der Waals surface area contributed by atoms with Gasteiger partial charge >= 0.3 is 0 Å². The molecule has 3 aromatic rings.